The van der Waals surface area contributed by atoms with Crippen LogP contribution in [0.2, 0.25) is 0 Å². The summed E-state index contributed by atoms with van der Waals surface area (Å²) in [6.45, 7) is 4.96. The van der Waals surface area contributed by atoms with Gasteiger partial charge in [0.05, 0.1) is 4.47 Å². The zero-order chi connectivity index (χ0) is 13.7. The lowest BCUT2D eigenvalue weighted by molar-refractivity contribution is 1.08. The molecule has 1 aromatic carbocycles. The zero-order valence-corrected chi connectivity index (χ0v) is 12.7. The summed E-state index contributed by atoms with van der Waals surface area (Å²) in [6.07, 6.45) is 2.73. The van der Waals surface area contributed by atoms with Crippen molar-refractivity contribution in [3.05, 3.63) is 40.5 Å². The highest BCUT2D eigenvalue weighted by Gasteiger charge is 2.07. The highest BCUT2D eigenvalue weighted by atomic mass is 79.9. The summed E-state index contributed by atoms with van der Waals surface area (Å²) in [4.78, 5) is 8.66. The minimum Gasteiger partial charge on any atom is -0.354 e. The minimum absolute atomic E-state index is 0.627. The number of nitrogens with zero attached hydrogens (tertiary/aromatic N) is 2. The van der Waals surface area contributed by atoms with E-state index < -0.39 is 0 Å². The fourth-order valence-corrected chi connectivity index (χ4v) is 2.07. The van der Waals surface area contributed by atoms with Gasteiger partial charge in [0.25, 0.3) is 0 Å². The lowest BCUT2D eigenvalue weighted by Crippen LogP contribution is -2.05. The second kappa shape index (κ2) is 6.52. The molecule has 4 nitrogen and oxygen atoms in total. The molecule has 0 atom stereocenters. The van der Waals surface area contributed by atoms with Crippen LogP contribution < -0.4 is 10.6 Å². The van der Waals surface area contributed by atoms with Crippen LogP contribution in [-0.4, -0.2) is 16.5 Å². The normalized spacial score (nSPS) is 10.3. The first kappa shape index (κ1) is 13.8. The monoisotopic (exact) mass is 320 g/mol. The van der Waals surface area contributed by atoms with Crippen molar-refractivity contribution in [3.8, 4) is 0 Å². The van der Waals surface area contributed by atoms with E-state index in [9.17, 15) is 0 Å². The van der Waals surface area contributed by atoms with Crippen LogP contribution >= 0.6 is 15.9 Å². The van der Waals surface area contributed by atoms with Gasteiger partial charge in [-0.2, -0.15) is 4.98 Å². The first-order valence-corrected chi connectivity index (χ1v) is 7.15. The minimum atomic E-state index is 0.627. The Bertz CT molecular complexity index is 557. The maximum absolute atomic E-state index is 4.45. The maximum Gasteiger partial charge on any atom is 0.224 e. The Morgan fingerprint density at radius 3 is 2.74 bits per heavy atom. The molecule has 19 heavy (non-hydrogen) atoms. The van der Waals surface area contributed by atoms with Gasteiger partial charge >= 0.3 is 0 Å². The van der Waals surface area contributed by atoms with Crippen molar-refractivity contribution < 1.29 is 0 Å². The third-order valence-electron chi connectivity index (χ3n) is 2.73. The largest absolute Gasteiger partial charge is 0.354 e. The fourth-order valence-electron chi connectivity index (χ4n) is 1.78. The topological polar surface area (TPSA) is 49.8 Å². The molecule has 2 rings (SSSR count). The molecule has 0 aliphatic carbocycles. The molecule has 0 bridgehead atoms. The first-order valence-electron chi connectivity index (χ1n) is 6.36. The van der Waals surface area contributed by atoms with E-state index in [0.717, 1.165) is 28.9 Å². The molecule has 2 aromatic rings. The number of aromatic nitrogens is 2. The number of hydrogen-bond donors (Lipinski definition) is 2. The van der Waals surface area contributed by atoms with Gasteiger partial charge in [-0.15, -0.1) is 0 Å². The van der Waals surface area contributed by atoms with Crippen molar-refractivity contribution in [3.63, 3.8) is 0 Å². The molecule has 100 valence electrons. The van der Waals surface area contributed by atoms with Gasteiger partial charge < -0.3 is 10.6 Å². The molecule has 1 heterocycles. The molecule has 0 fully saturated rings. The van der Waals surface area contributed by atoms with E-state index in [2.05, 4.69) is 55.6 Å². The van der Waals surface area contributed by atoms with Gasteiger partial charge in [0, 0.05) is 18.4 Å². The van der Waals surface area contributed by atoms with Gasteiger partial charge in [-0.3, -0.25) is 0 Å². The van der Waals surface area contributed by atoms with Gasteiger partial charge in [0.2, 0.25) is 5.95 Å². The van der Waals surface area contributed by atoms with Gasteiger partial charge in [-0.1, -0.05) is 25.1 Å². The zero-order valence-electron chi connectivity index (χ0n) is 11.1. The summed E-state index contributed by atoms with van der Waals surface area (Å²) in [7, 11) is 0. The average Bonchev–Trinajstić information content (AvgIpc) is 2.43. The second-order valence-electron chi connectivity index (χ2n) is 4.06. The van der Waals surface area contributed by atoms with E-state index in [0.29, 0.717) is 5.95 Å². The molecule has 0 saturated carbocycles. The number of nitrogens with one attached hydrogen (secondary N) is 2. The molecule has 0 unspecified atom stereocenters. The Balaban J connectivity index is 2.29. The van der Waals surface area contributed by atoms with Crippen molar-refractivity contribution in [1.29, 1.82) is 0 Å². The van der Waals surface area contributed by atoms with Gasteiger partial charge in [-0.05, 0) is 40.9 Å². The SMILES string of the molecule is CCNc1ncc(Br)c(Nc2ccccc2CC)n1. The third kappa shape index (κ3) is 3.44. The molecule has 0 spiro atoms. The van der Waals surface area contributed by atoms with E-state index >= 15 is 0 Å². The molecular weight excluding hydrogens is 304 g/mol. The van der Waals surface area contributed by atoms with Crippen LogP contribution in [0.15, 0.2) is 34.9 Å². The summed E-state index contributed by atoms with van der Waals surface area (Å²) in [5, 5.41) is 6.46. The highest BCUT2D eigenvalue weighted by Crippen LogP contribution is 2.26. The summed E-state index contributed by atoms with van der Waals surface area (Å²) < 4.78 is 0.847. The molecule has 1 aromatic heterocycles. The van der Waals surface area contributed by atoms with Crippen LogP contribution in [0.1, 0.15) is 19.4 Å². The summed E-state index contributed by atoms with van der Waals surface area (Å²) >= 11 is 3.47. The molecule has 0 radical (unpaired) electrons. The fraction of sp³-hybridized carbons (Fsp3) is 0.286. The Labute approximate surface area is 121 Å². The Morgan fingerprint density at radius 1 is 1.21 bits per heavy atom. The number of hydrogen-bond acceptors (Lipinski definition) is 4. The van der Waals surface area contributed by atoms with Crippen LogP contribution in [0.25, 0.3) is 0 Å². The van der Waals surface area contributed by atoms with Crippen LogP contribution in [0, 0.1) is 0 Å². The predicted molar refractivity (Wildman–Crippen MR) is 83.0 cm³/mol. The van der Waals surface area contributed by atoms with Crippen molar-refractivity contribution >= 4 is 33.4 Å². The standard InChI is InChI=1S/C14H17BrN4/c1-3-10-7-5-6-8-12(10)18-13-11(15)9-17-14(19-13)16-4-2/h5-9H,3-4H2,1-2H3,(H2,16,17,18,19). The molecule has 5 heteroatoms. The molecule has 2 N–H and O–H groups in total. The number of halogens is 1. The maximum atomic E-state index is 4.45. The third-order valence-corrected chi connectivity index (χ3v) is 3.31. The molecule has 0 aliphatic heterocycles. The lowest BCUT2D eigenvalue weighted by atomic mass is 10.1. The van der Waals surface area contributed by atoms with Crippen molar-refractivity contribution in [1.82, 2.24) is 9.97 Å². The smallest absolute Gasteiger partial charge is 0.224 e. The summed E-state index contributed by atoms with van der Waals surface area (Å²) in [5.41, 5.74) is 2.34. The number of anilines is 3. The van der Waals surface area contributed by atoms with Crippen molar-refractivity contribution in [2.75, 3.05) is 17.2 Å². The van der Waals surface area contributed by atoms with E-state index in [-0.39, 0.29) is 0 Å². The Morgan fingerprint density at radius 2 is 2.00 bits per heavy atom. The van der Waals surface area contributed by atoms with E-state index in [1.807, 2.05) is 19.1 Å². The number of aryl methyl sites for hydroxylation is 1. The molecule has 0 aliphatic rings. The van der Waals surface area contributed by atoms with E-state index in [4.69, 9.17) is 0 Å². The number of para-hydroxylation sites is 1. The number of rotatable bonds is 5. The van der Waals surface area contributed by atoms with E-state index in [1.165, 1.54) is 5.56 Å². The highest BCUT2D eigenvalue weighted by molar-refractivity contribution is 9.10. The predicted octanol–water partition coefficient (Wildman–Crippen LogP) is 3.98. The Hall–Kier alpha value is -1.62. The van der Waals surface area contributed by atoms with Crippen molar-refractivity contribution in [2.45, 2.75) is 20.3 Å². The quantitative estimate of drug-likeness (QED) is 0.875. The van der Waals surface area contributed by atoms with Crippen molar-refractivity contribution in [2.24, 2.45) is 0 Å². The summed E-state index contributed by atoms with van der Waals surface area (Å²) in [5.74, 6) is 1.40. The lowest BCUT2D eigenvalue weighted by Gasteiger charge is -2.12. The van der Waals surface area contributed by atoms with Crippen LogP contribution in [0.4, 0.5) is 17.5 Å². The molecule has 0 amide bonds. The molecule has 0 saturated heterocycles. The Kier molecular flexibility index (Phi) is 4.74. The van der Waals surface area contributed by atoms with Crippen LogP contribution in [0.3, 0.4) is 0 Å². The number of benzene rings is 1. The summed E-state index contributed by atoms with van der Waals surface area (Å²) in [6, 6.07) is 8.23. The molecular formula is C14H17BrN4. The second-order valence-corrected chi connectivity index (χ2v) is 4.91. The van der Waals surface area contributed by atoms with Crippen LogP contribution in [-0.2, 0) is 6.42 Å². The van der Waals surface area contributed by atoms with Gasteiger partial charge in [0.15, 0.2) is 0 Å². The average molecular weight is 321 g/mol. The van der Waals surface area contributed by atoms with E-state index in [1.54, 1.807) is 6.20 Å². The van der Waals surface area contributed by atoms with Gasteiger partial charge in [0.1, 0.15) is 5.82 Å². The first-order chi connectivity index (χ1) is 9.24. The van der Waals surface area contributed by atoms with Crippen LogP contribution in [0.5, 0.6) is 0 Å². The van der Waals surface area contributed by atoms with Gasteiger partial charge in [-0.25, -0.2) is 4.98 Å².